The van der Waals surface area contributed by atoms with Crippen LogP contribution in [0.2, 0.25) is 5.02 Å². The first-order valence-corrected chi connectivity index (χ1v) is 8.08. The fourth-order valence-corrected chi connectivity index (χ4v) is 2.66. The maximum Gasteiger partial charge on any atom is 0.0671 e. The molecule has 3 nitrogen and oxygen atoms in total. The highest BCUT2D eigenvalue weighted by molar-refractivity contribution is 6.31. The molecule has 21 heavy (non-hydrogen) atoms. The summed E-state index contributed by atoms with van der Waals surface area (Å²) in [5.74, 6) is 0.00791. The second-order valence-electron chi connectivity index (χ2n) is 5.45. The van der Waals surface area contributed by atoms with Gasteiger partial charge in [0.1, 0.15) is 0 Å². The van der Waals surface area contributed by atoms with E-state index in [1.54, 1.807) is 0 Å². The Hall–Kier alpha value is -1.24. The lowest BCUT2D eigenvalue weighted by Crippen LogP contribution is -2.27. The third kappa shape index (κ3) is 5.22. The van der Waals surface area contributed by atoms with Crippen molar-refractivity contribution in [2.75, 3.05) is 24.5 Å². The quantitative estimate of drug-likeness (QED) is 0.774. The Morgan fingerprint density at radius 3 is 2.57 bits per heavy atom. The molecule has 0 spiro atoms. The molecule has 0 aliphatic rings. The summed E-state index contributed by atoms with van der Waals surface area (Å²) in [4.78, 5) is 2.19. The summed E-state index contributed by atoms with van der Waals surface area (Å²) in [7, 11) is 0. The predicted molar refractivity (Wildman–Crippen MR) is 90.8 cm³/mol. The molecule has 2 unspecified atom stereocenters. The molecule has 1 aromatic rings. The zero-order valence-electron chi connectivity index (χ0n) is 13.5. The third-order valence-corrected chi connectivity index (χ3v) is 3.94. The summed E-state index contributed by atoms with van der Waals surface area (Å²) >= 11 is 6.44. The molecule has 0 aromatic heterocycles. The molecule has 2 atom stereocenters. The van der Waals surface area contributed by atoms with Gasteiger partial charge >= 0.3 is 0 Å². The lowest BCUT2D eigenvalue weighted by molar-refractivity contribution is 0.571. The predicted octanol–water partition coefficient (Wildman–Crippen LogP) is 4.39. The van der Waals surface area contributed by atoms with Gasteiger partial charge in [-0.05, 0) is 51.4 Å². The largest absolute Gasteiger partial charge is 0.370 e. The number of anilines is 1. The molecule has 0 saturated carbocycles. The van der Waals surface area contributed by atoms with E-state index in [4.69, 9.17) is 16.9 Å². The van der Waals surface area contributed by atoms with Gasteiger partial charge in [0.2, 0.25) is 0 Å². The van der Waals surface area contributed by atoms with E-state index < -0.39 is 0 Å². The molecule has 1 N–H and O–H groups in total. The zero-order valence-corrected chi connectivity index (χ0v) is 14.2. The van der Waals surface area contributed by atoms with Crippen LogP contribution in [0.15, 0.2) is 18.2 Å². The van der Waals surface area contributed by atoms with Crippen LogP contribution in [-0.2, 0) is 0 Å². The van der Waals surface area contributed by atoms with E-state index in [9.17, 15) is 0 Å². The molecule has 1 aromatic carbocycles. The van der Waals surface area contributed by atoms with E-state index >= 15 is 0 Å². The summed E-state index contributed by atoms with van der Waals surface area (Å²) in [5.41, 5.74) is 2.20. The molecule has 0 bridgehead atoms. The van der Waals surface area contributed by atoms with Gasteiger partial charge in [0.05, 0.1) is 12.0 Å². The topological polar surface area (TPSA) is 39.1 Å². The second kappa shape index (κ2) is 8.92. The number of hydrogen-bond donors (Lipinski definition) is 1. The SMILES string of the molecule is CCCNC(C)c1ccc(N(CC)CC(C)C#N)cc1Cl. The van der Waals surface area contributed by atoms with E-state index in [-0.39, 0.29) is 12.0 Å². The number of halogens is 1. The van der Waals surface area contributed by atoms with Crippen LogP contribution in [-0.4, -0.2) is 19.6 Å². The van der Waals surface area contributed by atoms with Crippen LogP contribution in [0.1, 0.15) is 45.7 Å². The van der Waals surface area contributed by atoms with Gasteiger partial charge in [0, 0.05) is 29.8 Å². The number of rotatable bonds is 8. The van der Waals surface area contributed by atoms with Crippen LogP contribution in [0, 0.1) is 17.2 Å². The third-order valence-electron chi connectivity index (χ3n) is 3.61. The minimum atomic E-state index is 0.00791. The van der Waals surface area contributed by atoms with Crippen LogP contribution in [0.4, 0.5) is 5.69 Å². The molecule has 116 valence electrons. The first-order valence-electron chi connectivity index (χ1n) is 7.70. The Morgan fingerprint density at radius 1 is 1.33 bits per heavy atom. The summed E-state index contributed by atoms with van der Waals surface area (Å²) in [6.45, 7) is 10.9. The lowest BCUT2D eigenvalue weighted by atomic mass is 10.1. The van der Waals surface area contributed by atoms with E-state index in [1.165, 1.54) is 0 Å². The first-order chi connectivity index (χ1) is 10.0. The van der Waals surface area contributed by atoms with Gasteiger partial charge in [-0.2, -0.15) is 5.26 Å². The zero-order chi connectivity index (χ0) is 15.8. The molecule has 4 heteroatoms. The van der Waals surface area contributed by atoms with Gasteiger partial charge in [-0.1, -0.05) is 24.6 Å². The normalized spacial score (nSPS) is 13.5. The standard InChI is InChI=1S/C17H26ClN3/c1-5-9-20-14(4)16-8-7-15(10-17(16)18)21(6-2)12-13(3)11-19/h7-8,10,13-14,20H,5-6,9,12H2,1-4H3. The van der Waals surface area contributed by atoms with E-state index in [2.05, 4.69) is 49.2 Å². The molecule has 1 rings (SSSR count). The van der Waals surface area contributed by atoms with Crippen LogP contribution >= 0.6 is 11.6 Å². The Balaban J connectivity index is 2.87. The Labute approximate surface area is 133 Å². The number of nitrogens with zero attached hydrogens (tertiary/aromatic N) is 2. The van der Waals surface area contributed by atoms with Crippen LogP contribution in [0.5, 0.6) is 0 Å². The maximum atomic E-state index is 8.97. The smallest absolute Gasteiger partial charge is 0.0671 e. The van der Waals surface area contributed by atoms with Gasteiger partial charge in [0.15, 0.2) is 0 Å². The highest BCUT2D eigenvalue weighted by atomic mass is 35.5. The van der Waals surface area contributed by atoms with Crippen molar-refractivity contribution in [3.63, 3.8) is 0 Å². The average molecular weight is 308 g/mol. The highest BCUT2D eigenvalue weighted by Crippen LogP contribution is 2.28. The molecule has 0 amide bonds. The average Bonchev–Trinajstić information content (AvgIpc) is 2.49. The van der Waals surface area contributed by atoms with E-state index in [0.29, 0.717) is 0 Å². The summed E-state index contributed by atoms with van der Waals surface area (Å²) in [6, 6.07) is 8.72. The molecule has 0 aliphatic carbocycles. The molecule has 0 fully saturated rings. The van der Waals surface area contributed by atoms with Gasteiger partial charge in [-0.15, -0.1) is 0 Å². The van der Waals surface area contributed by atoms with Crippen LogP contribution < -0.4 is 10.2 Å². The monoisotopic (exact) mass is 307 g/mol. The summed E-state index contributed by atoms with van der Waals surface area (Å²) in [5, 5.41) is 13.2. The van der Waals surface area contributed by atoms with Crippen molar-refractivity contribution in [1.82, 2.24) is 5.32 Å². The molecular weight excluding hydrogens is 282 g/mol. The summed E-state index contributed by atoms with van der Waals surface area (Å²) in [6.07, 6.45) is 1.11. The molecule has 0 heterocycles. The van der Waals surface area contributed by atoms with Gasteiger partial charge in [-0.3, -0.25) is 0 Å². The fourth-order valence-electron chi connectivity index (χ4n) is 2.32. The number of benzene rings is 1. The van der Waals surface area contributed by atoms with Crippen molar-refractivity contribution in [3.05, 3.63) is 28.8 Å². The van der Waals surface area contributed by atoms with Gasteiger partial charge < -0.3 is 10.2 Å². The summed E-state index contributed by atoms with van der Waals surface area (Å²) < 4.78 is 0. The van der Waals surface area contributed by atoms with Crippen molar-refractivity contribution in [3.8, 4) is 6.07 Å². The van der Waals surface area contributed by atoms with E-state index in [1.807, 2.05) is 13.0 Å². The number of nitriles is 1. The number of hydrogen-bond acceptors (Lipinski definition) is 3. The van der Waals surface area contributed by atoms with Crippen molar-refractivity contribution < 1.29 is 0 Å². The van der Waals surface area contributed by atoms with E-state index in [0.717, 1.165) is 42.3 Å². The van der Waals surface area contributed by atoms with Crippen LogP contribution in [0.25, 0.3) is 0 Å². The molecule has 0 aliphatic heterocycles. The fraction of sp³-hybridized carbons (Fsp3) is 0.588. The molecular formula is C17H26ClN3. The van der Waals surface area contributed by atoms with Crippen molar-refractivity contribution in [2.45, 2.75) is 40.2 Å². The van der Waals surface area contributed by atoms with Gasteiger partial charge in [-0.25, -0.2) is 0 Å². The number of nitrogens with one attached hydrogen (secondary N) is 1. The Morgan fingerprint density at radius 2 is 2.05 bits per heavy atom. The maximum absolute atomic E-state index is 8.97. The minimum absolute atomic E-state index is 0.00791. The molecule has 0 saturated heterocycles. The van der Waals surface area contributed by atoms with Gasteiger partial charge in [0.25, 0.3) is 0 Å². The second-order valence-corrected chi connectivity index (χ2v) is 5.86. The Bertz CT molecular complexity index is 481. The highest BCUT2D eigenvalue weighted by Gasteiger charge is 2.13. The van der Waals surface area contributed by atoms with Crippen LogP contribution in [0.3, 0.4) is 0 Å². The molecule has 0 radical (unpaired) electrons. The minimum Gasteiger partial charge on any atom is -0.370 e. The lowest BCUT2D eigenvalue weighted by Gasteiger charge is -2.25. The Kier molecular flexibility index (Phi) is 7.56. The van der Waals surface area contributed by atoms with Crippen molar-refractivity contribution in [2.24, 2.45) is 5.92 Å². The first kappa shape index (κ1) is 17.8. The van der Waals surface area contributed by atoms with Crippen molar-refractivity contribution >= 4 is 17.3 Å². The van der Waals surface area contributed by atoms with Crippen molar-refractivity contribution in [1.29, 1.82) is 5.26 Å².